The summed E-state index contributed by atoms with van der Waals surface area (Å²) in [6, 6.07) is 10.8. The Kier molecular flexibility index (Phi) is 10.3. The zero-order valence-corrected chi connectivity index (χ0v) is 25.4. The number of para-hydroxylation sites is 1. The van der Waals surface area contributed by atoms with E-state index >= 15 is 0 Å². The molecule has 218 valence electrons. The van der Waals surface area contributed by atoms with Crippen LogP contribution in [0.15, 0.2) is 59.9 Å². The lowest BCUT2D eigenvalue weighted by molar-refractivity contribution is -0.140. The fourth-order valence-corrected chi connectivity index (χ4v) is 7.46. The molecule has 0 amide bonds. The number of esters is 1. The first-order valence-corrected chi connectivity index (χ1v) is 14.8. The molecule has 0 spiro atoms. The molecule has 1 aliphatic heterocycles. The third kappa shape index (κ3) is 6.68. The summed E-state index contributed by atoms with van der Waals surface area (Å²) in [7, 11) is 5.82. The van der Waals surface area contributed by atoms with Gasteiger partial charge in [0.05, 0.1) is 48.9 Å². The van der Waals surface area contributed by atoms with Crippen molar-refractivity contribution in [1.82, 2.24) is 4.98 Å². The van der Waals surface area contributed by atoms with Gasteiger partial charge < -0.3 is 14.2 Å². The highest BCUT2D eigenvalue weighted by Crippen LogP contribution is 2.53. The Bertz CT molecular complexity index is 1450. The van der Waals surface area contributed by atoms with Crippen LogP contribution < -0.4 is 14.4 Å². The van der Waals surface area contributed by atoms with Crippen molar-refractivity contribution in [2.75, 3.05) is 33.3 Å². The maximum Gasteiger partial charge on any atom is 0.305 e. The number of alkyl halides is 2. The van der Waals surface area contributed by atoms with E-state index in [1.54, 1.807) is 56.4 Å². The number of aliphatic imine (C=N–C) groups is 1. The third-order valence-electron chi connectivity index (χ3n) is 6.61. The molecule has 0 aliphatic carbocycles. The molecule has 2 heterocycles. The van der Waals surface area contributed by atoms with E-state index in [0.29, 0.717) is 46.3 Å². The summed E-state index contributed by atoms with van der Waals surface area (Å²) < 4.78 is 44.9. The van der Waals surface area contributed by atoms with Crippen molar-refractivity contribution in [2.45, 2.75) is 36.2 Å². The molecule has 2 atom stereocenters. The number of amidine groups is 1. The lowest BCUT2D eigenvalue weighted by Gasteiger charge is -2.30. The summed E-state index contributed by atoms with van der Waals surface area (Å²) >= 11 is 9.49. The number of aryl methyl sites for hydroxylation is 1. The first kappa shape index (κ1) is 30.8. The molecule has 41 heavy (non-hydrogen) atoms. The van der Waals surface area contributed by atoms with Gasteiger partial charge in [-0.3, -0.25) is 14.7 Å². The van der Waals surface area contributed by atoms with Gasteiger partial charge in [0.2, 0.25) is 0 Å². The maximum atomic E-state index is 14.4. The lowest BCUT2D eigenvalue weighted by atomic mass is 10.00. The van der Waals surface area contributed by atoms with Gasteiger partial charge in [0.1, 0.15) is 0 Å². The number of aromatic nitrogens is 1. The van der Waals surface area contributed by atoms with Crippen molar-refractivity contribution in [2.24, 2.45) is 4.99 Å². The molecule has 1 aliphatic rings. The number of thiazole rings is 1. The molecule has 4 rings (SSSR count). The molecule has 3 aromatic rings. The van der Waals surface area contributed by atoms with Gasteiger partial charge in [0, 0.05) is 40.8 Å². The summed E-state index contributed by atoms with van der Waals surface area (Å²) in [5, 5.41) is 0.463. The number of hydrogen-bond acceptors (Lipinski definition) is 8. The van der Waals surface area contributed by atoms with E-state index in [1.807, 2.05) is 12.1 Å². The fourth-order valence-electron chi connectivity index (χ4n) is 4.69. The average Bonchev–Trinajstić information content (AvgIpc) is 3.39. The molecular formula is C29H30ClF2N3O4S2. The van der Waals surface area contributed by atoms with Crippen molar-refractivity contribution in [3.63, 3.8) is 0 Å². The monoisotopic (exact) mass is 621 g/mol. The fraction of sp³-hybridized carbons (Fsp3) is 0.345. The normalized spacial score (nSPS) is 17.3. The van der Waals surface area contributed by atoms with Gasteiger partial charge in [-0.25, -0.2) is 13.8 Å². The van der Waals surface area contributed by atoms with Gasteiger partial charge >= 0.3 is 5.97 Å². The van der Waals surface area contributed by atoms with Crippen molar-refractivity contribution >= 4 is 52.2 Å². The van der Waals surface area contributed by atoms with Crippen LogP contribution in [-0.2, 0) is 22.4 Å². The third-order valence-corrected chi connectivity index (χ3v) is 9.47. The van der Waals surface area contributed by atoms with Crippen LogP contribution in [0.1, 0.15) is 32.7 Å². The van der Waals surface area contributed by atoms with E-state index in [4.69, 9.17) is 25.8 Å². The number of carbonyl (C=O) groups is 1. The minimum absolute atomic E-state index is 0.245. The van der Waals surface area contributed by atoms with Crippen molar-refractivity contribution in [3.8, 4) is 11.5 Å². The Labute approximate surface area is 251 Å². The second-order valence-electron chi connectivity index (χ2n) is 9.00. The number of anilines is 1. The molecular weight excluding hydrogens is 592 g/mol. The molecule has 1 unspecified atom stereocenters. The van der Waals surface area contributed by atoms with Gasteiger partial charge in [-0.05, 0) is 36.2 Å². The summed E-state index contributed by atoms with van der Waals surface area (Å²) in [6.45, 7) is 4.31. The van der Waals surface area contributed by atoms with Crippen molar-refractivity contribution in [1.29, 1.82) is 0 Å². The number of hydrogen-bond donors (Lipinski definition) is 0. The van der Waals surface area contributed by atoms with Gasteiger partial charge in [0.15, 0.2) is 17.3 Å². The highest BCUT2D eigenvalue weighted by atomic mass is 35.5. The molecule has 7 nitrogen and oxygen atoms in total. The quantitative estimate of drug-likeness (QED) is 0.145. The van der Waals surface area contributed by atoms with Crippen molar-refractivity contribution in [3.05, 3.63) is 80.9 Å². The van der Waals surface area contributed by atoms with E-state index < -0.39 is 22.8 Å². The van der Waals surface area contributed by atoms with E-state index in [1.165, 1.54) is 30.4 Å². The van der Waals surface area contributed by atoms with Crippen LogP contribution in [-0.4, -0.2) is 56.8 Å². The van der Waals surface area contributed by atoms with E-state index in [-0.39, 0.29) is 12.4 Å². The number of fused-ring (bicyclic) bond motifs is 1. The van der Waals surface area contributed by atoms with Crippen LogP contribution in [0.2, 0.25) is 5.02 Å². The Balaban J connectivity index is 1.84. The molecule has 0 fully saturated rings. The number of halogens is 3. The average molecular weight is 622 g/mol. The zero-order valence-electron chi connectivity index (χ0n) is 23.0. The van der Waals surface area contributed by atoms with Gasteiger partial charge in [-0.2, -0.15) is 0 Å². The molecule has 2 aromatic carbocycles. The largest absolute Gasteiger partial charge is 0.493 e. The predicted molar refractivity (Wildman–Crippen MR) is 161 cm³/mol. The molecule has 0 N–H and O–H groups in total. The number of rotatable bonds is 9. The van der Waals surface area contributed by atoms with Crippen LogP contribution >= 0.6 is 34.7 Å². The second kappa shape index (κ2) is 13.7. The Morgan fingerprint density at radius 1 is 1.20 bits per heavy atom. The van der Waals surface area contributed by atoms with Gasteiger partial charge in [-0.1, -0.05) is 30.3 Å². The number of nitrogens with zero attached hydrogens (tertiary/aromatic N) is 3. The zero-order chi connectivity index (χ0) is 29.7. The summed E-state index contributed by atoms with van der Waals surface area (Å²) in [6.07, 6.45) is 0.0441. The molecule has 0 saturated heterocycles. The minimum atomic E-state index is -2.85. The maximum absolute atomic E-state index is 14.4. The number of carbonyl (C=O) groups excluding carboxylic acids is 1. The van der Waals surface area contributed by atoms with Crippen LogP contribution in [0.25, 0.3) is 0 Å². The summed E-state index contributed by atoms with van der Waals surface area (Å²) in [4.78, 5) is 22.5. The lowest BCUT2D eigenvalue weighted by Crippen LogP contribution is -2.38. The SMILES string of the molecule is C=C1[C@H](Cc2ncc(CCC(=O)OC)s2)SC(c2cccc(OC)c2OC)c2cc(Cl)ccc2N1C(=NC)C(F)F. The Morgan fingerprint density at radius 3 is 2.63 bits per heavy atom. The molecule has 1 aromatic heterocycles. The Hall–Kier alpha value is -3.15. The van der Waals surface area contributed by atoms with Gasteiger partial charge in [-0.15, -0.1) is 23.1 Å². The number of methoxy groups -OCH3 is 3. The summed E-state index contributed by atoms with van der Waals surface area (Å²) in [5.74, 6) is 0.367. The molecule has 0 radical (unpaired) electrons. The first-order chi connectivity index (χ1) is 19.7. The standard InChI is InChI=1S/C29H30ClF2N3O4S2/c1-16-23(14-24-34-15-18(40-24)10-12-25(36)38-4)41-27(19-7-6-8-22(37-3)26(19)39-5)20-13-17(30)9-11-21(20)35(16)29(33-2)28(31)32/h6-9,11,13,15,23,27-28H,1,10,12,14H2,2-5H3/t23-,27?/m0/s1. The smallest absolute Gasteiger partial charge is 0.305 e. The first-order valence-electron chi connectivity index (χ1n) is 12.6. The van der Waals surface area contributed by atoms with Gasteiger partial charge in [0.25, 0.3) is 6.43 Å². The minimum Gasteiger partial charge on any atom is -0.493 e. The number of ether oxygens (including phenoxy) is 3. The molecule has 12 heteroatoms. The van der Waals surface area contributed by atoms with Crippen LogP contribution in [0.4, 0.5) is 14.5 Å². The molecule has 0 bridgehead atoms. The molecule has 0 saturated carbocycles. The van der Waals surface area contributed by atoms with E-state index in [0.717, 1.165) is 15.4 Å². The number of thioether (sulfide) groups is 1. The number of benzene rings is 2. The Morgan fingerprint density at radius 2 is 1.98 bits per heavy atom. The van der Waals surface area contributed by atoms with Crippen LogP contribution in [0.3, 0.4) is 0 Å². The van der Waals surface area contributed by atoms with E-state index in [9.17, 15) is 13.6 Å². The second-order valence-corrected chi connectivity index (χ2v) is 11.9. The van der Waals surface area contributed by atoms with Crippen molar-refractivity contribution < 1.29 is 27.8 Å². The summed E-state index contributed by atoms with van der Waals surface area (Å²) in [5.41, 5.74) is 2.44. The highest BCUT2D eigenvalue weighted by Gasteiger charge is 2.38. The predicted octanol–water partition coefficient (Wildman–Crippen LogP) is 6.98. The van der Waals surface area contributed by atoms with Crippen LogP contribution in [0.5, 0.6) is 11.5 Å². The highest BCUT2D eigenvalue weighted by molar-refractivity contribution is 8.00. The van der Waals surface area contributed by atoms with Crippen LogP contribution in [0, 0.1) is 0 Å². The van der Waals surface area contributed by atoms with E-state index in [2.05, 4.69) is 16.6 Å². The topological polar surface area (TPSA) is 73.2 Å².